The van der Waals surface area contributed by atoms with Gasteiger partial charge >= 0.3 is 0 Å². The Hall–Kier alpha value is -0.310. The van der Waals surface area contributed by atoms with Crippen LogP contribution in [0.4, 0.5) is 4.39 Å². The molecule has 90 valence electrons. The number of benzene rings is 1. The highest BCUT2D eigenvalue weighted by Crippen LogP contribution is 2.21. The lowest BCUT2D eigenvalue weighted by Crippen LogP contribution is -2.28. The molecule has 1 heterocycles. The first-order valence-electron chi connectivity index (χ1n) is 5.40. The molecule has 0 atom stereocenters. The minimum Gasteiger partial charge on any atom is -0.317 e. The van der Waals surface area contributed by atoms with E-state index in [9.17, 15) is 4.39 Å². The Morgan fingerprint density at radius 1 is 1.31 bits per heavy atom. The van der Waals surface area contributed by atoms with Crippen molar-refractivity contribution in [3.63, 3.8) is 0 Å². The fraction of sp³-hybridized carbons (Fsp3) is 0.500. The summed E-state index contributed by atoms with van der Waals surface area (Å²) in [4.78, 5) is 0. The molecule has 1 aliphatic rings. The van der Waals surface area contributed by atoms with Crippen molar-refractivity contribution in [3.8, 4) is 0 Å². The zero-order chi connectivity index (χ0) is 10.7. The second-order valence-corrected chi connectivity index (χ2v) is 4.55. The number of rotatable bonds is 2. The van der Waals surface area contributed by atoms with Crippen LogP contribution in [0.1, 0.15) is 18.4 Å². The van der Waals surface area contributed by atoms with Gasteiger partial charge in [0.1, 0.15) is 5.82 Å². The summed E-state index contributed by atoms with van der Waals surface area (Å²) in [5.74, 6) is 0.384. The molecule has 1 nitrogen and oxygen atoms in total. The highest BCUT2D eigenvalue weighted by atomic mass is 35.5. The molecular weight excluding hydrogens is 248 g/mol. The number of hydrogen-bond acceptors (Lipinski definition) is 1. The van der Waals surface area contributed by atoms with E-state index in [1.165, 1.54) is 12.8 Å². The highest BCUT2D eigenvalue weighted by Gasteiger charge is 2.14. The van der Waals surface area contributed by atoms with Gasteiger partial charge in [0.25, 0.3) is 0 Å². The Labute approximate surface area is 107 Å². The molecule has 0 aromatic heterocycles. The van der Waals surface area contributed by atoms with Crippen LogP contribution in [0.2, 0.25) is 5.02 Å². The predicted molar refractivity (Wildman–Crippen MR) is 68.0 cm³/mol. The van der Waals surface area contributed by atoms with Crippen molar-refractivity contribution in [2.24, 2.45) is 5.92 Å². The molecule has 1 aromatic carbocycles. The zero-order valence-corrected chi connectivity index (χ0v) is 10.6. The van der Waals surface area contributed by atoms with Gasteiger partial charge in [0.05, 0.1) is 5.02 Å². The normalized spacial score (nSPS) is 16.9. The van der Waals surface area contributed by atoms with Gasteiger partial charge in [0, 0.05) is 0 Å². The van der Waals surface area contributed by atoms with Crippen LogP contribution < -0.4 is 5.32 Å². The van der Waals surface area contributed by atoms with Crippen LogP contribution in [0.25, 0.3) is 0 Å². The highest BCUT2D eigenvalue weighted by molar-refractivity contribution is 6.30. The van der Waals surface area contributed by atoms with Gasteiger partial charge in [-0.15, -0.1) is 12.4 Å². The van der Waals surface area contributed by atoms with E-state index in [2.05, 4.69) is 5.32 Å². The van der Waals surface area contributed by atoms with Crippen LogP contribution in [0.3, 0.4) is 0 Å². The van der Waals surface area contributed by atoms with Crippen molar-refractivity contribution in [3.05, 3.63) is 34.6 Å². The molecule has 2 rings (SSSR count). The summed E-state index contributed by atoms with van der Waals surface area (Å²) in [6.45, 7) is 2.17. The summed E-state index contributed by atoms with van der Waals surface area (Å²) in [5, 5.41) is 3.54. The summed E-state index contributed by atoms with van der Waals surface area (Å²) in [6, 6.07) is 5.13. The van der Waals surface area contributed by atoms with Crippen molar-refractivity contribution in [2.75, 3.05) is 13.1 Å². The van der Waals surface area contributed by atoms with Crippen LogP contribution >= 0.6 is 24.0 Å². The van der Waals surface area contributed by atoms with E-state index in [0.29, 0.717) is 5.92 Å². The summed E-state index contributed by atoms with van der Waals surface area (Å²) in [6.07, 6.45) is 3.34. The smallest absolute Gasteiger partial charge is 0.142 e. The SMILES string of the molecule is Cl.Fc1cc(CC2CCNCC2)ccc1Cl. The second kappa shape index (κ2) is 6.43. The fourth-order valence-corrected chi connectivity index (χ4v) is 2.20. The molecule has 0 radical (unpaired) electrons. The maximum atomic E-state index is 13.2. The lowest BCUT2D eigenvalue weighted by atomic mass is 9.91. The standard InChI is InChI=1S/C12H15ClFN.ClH/c13-11-2-1-10(8-12(11)14)7-9-3-5-15-6-4-9;/h1-2,8-9,15H,3-7H2;1H. The molecule has 0 unspecified atom stereocenters. The second-order valence-electron chi connectivity index (χ2n) is 4.15. The van der Waals surface area contributed by atoms with Crippen LogP contribution in [-0.4, -0.2) is 13.1 Å². The van der Waals surface area contributed by atoms with Crippen LogP contribution in [0.5, 0.6) is 0 Å². The van der Waals surface area contributed by atoms with Gasteiger partial charge in [-0.2, -0.15) is 0 Å². The van der Waals surface area contributed by atoms with Gasteiger partial charge in [-0.25, -0.2) is 4.39 Å². The molecule has 1 aromatic rings. The van der Waals surface area contributed by atoms with Gasteiger partial charge < -0.3 is 5.32 Å². The molecule has 0 saturated carbocycles. The number of nitrogens with one attached hydrogen (secondary N) is 1. The summed E-state index contributed by atoms with van der Waals surface area (Å²) in [7, 11) is 0. The van der Waals surface area contributed by atoms with E-state index in [0.717, 1.165) is 25.1 Å². The molecule has 1 aliphatic heterocycles. The van der Waals surface area contributed by atoms with E-state index in [1.54, 1.807) is 12.1 Å². The van der Waals surface area contributed by atoms with Crippen molar-refractivity contribution in [1.29, 1.82) is 0 Å². The topological polar surface area (TPSA) is 12.0 Å². The molecule has 1 saturated heterocycles. The largest absolute Gasteiger partial charge is 0.317 e. The maximum Gasteiger partial charge on any atom is 0.142 e. The molecule has 1 fully saturated rings. The van der Waals surface area contributed by atoms with Crippen molar-refractivity contribution >= 4 is 24.0 Å². The van der Waals surface area contributed by atoms with Gasteiger partial charge in [0.2, 0.25) is 0 Å². The van der Waals surface area contributed by atoms with E-state index in [-0.39, 0.29) is 23.2 Å². The summed E-state index contributed by atoms with van der Waals surface area (Å²) in [5.41, 5.74) is 1.06. The summed E-state index contributed by atoms with van der Waals surface area (Å²) >= 11 is 5.64. The third kappa shape index (κ3) is 3.62. The van der Waals surface area contributed by atoms with E-state index in [4.69, 9.17) is 11.6 Å². The minimum atomic E-state index is -0.303. The lowest BCUT2D eigenvalue weighted by molar-refractivity contribution is 0.372. The minimum absolute atomic E-state index is 0. The molecule has 0 aliphatic carbocycles. The first kappa shape index (κ1) is 13.8. The quantitative estimate of drug-likeness (QED) is 0.862. The molecule has 4 heteroatoms. The van der Waals surface area contributed by atoms with Crippen molar-refractivity contribution < 1.29 is 4.39 Å². The van der Waals surface area contributed by atoms with Gasteiger partial charge in [-0.3, -0.25) is 0 Å². The van der Waals surface area contributed by atoms with Gasteiger partial charge in [-0.1, -0.05) is 17.7 Å². The first-order valence-corrected chi connectivity index (χ1v) is 5.78. The molecular formula is C12H16Cl2FN. The first-order chi connectivity index (χ1) is 7.25. The fourth-order valence-electron chi connectivity index (χ4n) is 2.09. The molecule has 1 N–H and O–H groups in total. The van der Waals surface area contributed by atoms with E-state index < -0.39 is 0 Å². The van der Waals surface area contributed by atoms with Crippen molar-refractivity contribution in [1.82, 2.24) is 5.32 Å². The lowest BCUT2D eigenvalue weighted by Gasteiger charge is -2.22. The Bertz CT molecular complexity index is 338. The van der Waals surface area contributed by atoms with E-state index in [1.807, 2.05) is 6.07 Å². The molecule has 0 spiro atoms. The third-order valence-corrected chi connectivity index (χ3v) is 3.27. The Kier molecular flexibility index (Phi) is 5.53. The number of piperidine rings is 1. The van der Waals surface area contributed by atoms with Gasteiger partial charge in [-0.05, 0) is 56.0 Å². The molecule has 16 heavy (non-hydrogen) atoms. The number of hydrogen-bond donors (Lipinski definition) is 1. The average Bonchev–Trinajstić information content (AvgIpc) is 2.25. The Morgan fingerprint density at radius 2 is 2.00 bits per heavy atom. The van der Waals surface area contributed by atoms with Crippen LogP contribution in [0, 0.1) is 11.7 Å². The predicted octanol–water partition coefficient (Wildman–Crippen LogP) is 3.44. The molecule has 0 bridgehead atoms. The summed E-state index contributed by atoms with van der Waals surface area (Å²) < 4.78 is 13.2. The number of halogens is 3. The average molecular weight is 264 g/mol. The maximum absolute atomic E-state index is 13.2. The van der Waals surface area contributed by atoms with Crippen LogP contribution in [-0.2, 0) is 6.42 Å². The molecule has 0 amide bonds. The third-order valence-electron chi connectivity index (χ3n) is 2.97. The Morgan fingerprint density at radius 3 is 2.62 bits per heavy atom. The zero-order valence-electron chi connectivity index (χ0n) is 9.01. The van der Waals surface area contributed by atoms with E-state index >= 15 is 0 Å². The van der Waals surface area contributed by atoms with Gasteiger partial charge in [0.15, 0.2) is 0 Å². The monoisotopic (exact) mass is 263 g/mol. The van der Waals surface area contributed by atoms with Crippen LogP contribution in [0.15, 0.2) is 18.2 Å². The Balaban J connectivity index is 0.00000128. The van der Waals surface area contributed by atoms with Crippen molar-refractivity contribution in [2.45, 2.75) is 19.3 Å².